The van der Waals surface area contributed by atoms with Crippen molar-refractivity contribution in [3.63, 3.8) is 0 Å². The van der Waals surface area contributed by atoms with Crippen LogP contribution >= 0.6 is 0 Å². The third-order valence-electron chi connectivity index (χ3n) is 0.118. The van der Waals surface area contributed by atoms with Gasteiger partial charge in [0.15, 0.2) is 0 Å². The molecule has 0 spiro atoms. The summed E-state index contributed by atoms with van der Waals surface area (Å²) >= 11 is 0. The van der Waals surface area contributed by atoms with Gasteiger partial charge in [0.25, 0.3) is 0 Å². The summed E-state index contributed by atoms with van der Waals surface area (Å²) in [4.78, 5) is 0. The molecule has 0 heterocycles. The lowest BCUT2D eigenvalue weighted by Crippen LogP contribution is -1.55. The molecule has 0 amide bonds. The molecule has 36 valence electrons. The lowest BCUT2D eigenvalue weighted by atomic mass is 11.0. The summed E-state index contributed by atoms with van der Waals surface area (Å²) in [6, 6.07) is 0. The smallest absolute Gasteiger partial charge is 0.106 e. The van der Waals surface area contributed by atoms with Gasteiger partial charge in [0.2, 0.25) is 0 Å². The van der Waals surface area contributed by atoms with Crippen LogP contribution in [0.2, 0.25) is 0 Å². The first-order valence-electron chi connectivity index (χ1n) is 1.90. The molecule has 0 rings (SSSR count). The van der Waals surface area contributed by atoms with E-state index in [9.17, 15) is 0 Å². The lowest BCUT2D eigenvalue weighted by Gasteiger charge is -1.66. The Morgan fingerprint density at radius 3 is 1.67 bits per heavy atom. The fourth-order valence-corrected chi connectivity index (χ4v) is 0. The largest absolute Gasteiger partial charge is 0.450 e. The third-order valence-corrected chi connectivity index (χ3v) is 0.118. The first-order chi connectivity index (χ1) is 2.91. The van der Waals surface area contributed by atoms with E-state index in [1.807, 2.05) is 20.0 Å². The molecule has 0 fully saturated rings. The van der Waals surface area contributed by atoms with Crippen molar-refractivity contribution in [3.05, 3.63) is 0 Å². The van der Waals surface area contributed by atoms with E-state index >= 15 is 0 Å². The SMILES string of the molecule is C#COC.CC. The highest BCUT2D eigenvalue weighted by Gasteiger charge is 1.34. The van der Waals surface area contributed by atoms with Gasteiger partial charge >= 0.3 is 0 Å². The van der Waals surface area contributed by atoms with Crippen molar-refractivity contribution in [1.29, 1.82) is 0 Å². The zero-order valence-corrected chi connectivity index (χ0v) is 4.49. The first-order valence-corrected chi connectivity index (χ1v) is 1.90. The Kier molecular flexibility index (Phi) is 40.0. The van der Waals surface area contributed by atoms with Crippen molar-refractivity contribution in [2.45, 2.75) is 13.8 Å². The molecule has 0 unspecified atom stereocenters. The van der Waals surface area contributed by atoms with E-state index in [2.05, 4.69) is 11.2 Å². The van der Waals surface area contributed by atoms with Crippen LogP contribution in [-0.4, -0.2) is 7.11 Å². The molecule has 0 aliphatic rings. The topological polar surface area (TPSA) is 9.23 Å². The van der Waals surface area contributed by atoms with Gasteiger partial charge < -0.3 is 4.74 Å². The van der Waals surface area contributed by atoms with Crippen LogP contribution in [0.4, 0.5) is 0 Å². The van der Waals surface area contributed by atoms with Crippen LogP contribution in [0.3, 0.4) is 0 Å². The minimum absolute atomic E-state index is 1.44. The summed E-state index contributed by atoms with van der Waals surface area (Å²) in [7, 11) is 1.44. The van der Waals surface area contributed by atoms with Crippen molar-refractivity contribution >= 4 is 0 Å². The monoisotopic (exact) mass is 86.1 g/mol. The van der Waals surface area contributed by atoms with Crippen LogP contribution in [0.15, 0.2) is 0 Å². The van der Waals surface area contributed by atoms with Gasteiger partial charge in [-0.1, -0.05) is 20.3 Å². The highest BCUT2D eigenvalue weighted by atomic mass is 16.5. The van der Waals surface area contributed by atoms with Crippen molar-refractivity contribution in [2.24, 2.45) is 0 Å². The standard InChI is InChI=1S/C3H4O.C2H6/c1-3-4-2;1-2/h1H,2H3;1-2H3. The molecule has 0 aromatic heterocycles. The van der Waals surface area contributed by atoms with Gasteiger partial charge in [0.1, 0.15) is 6.11 Å². The van der Waals surface area contributed by atoms with Crippen LogP contribution < -0.4 is 0 Å². The van der Waals surface area contributed by atoms with Gasteiger partial charge in [-0.2, -0.15) is 0 Å². The van der Waals surface area contributed by atoms with Crippen molar-refractivity contribution < 1.29 is 4.74 Å². The average Bonchev–Trinajstić information content (AvgIpc) is 1.72. The number of terminal acetylenes is 1. The maximum Gasteiger partial charge on any atom is 0.106 e. The molecule has 0 radical (unpaired) electrons. The lowest BCUT2D eigenvalue weighted by molar-refractivity contribution is 0.373. The molecule has 0 aromatic carbocycles. The van der Waals surface area contributed by atoms with Crippen LogP contribution in [-0.2, 0) is 4.74 Å². The zero-order valence-electron chi connectivity index (χ0n) is 4.49. The van der Waals surface area contributed by atoms with Gasteiger partial charge in [-0.3, -0.25) is 0 Å². The molecule has 1 heteroatoms. The van der Waals surface area contributed by atoms with Crippen molar-refractivity contribution in [3.8, 4) is 12.5 Å². The first kappa shape index (κ1) is 9.03. The van der Waals surface area contributed by atoms with E-state index < -0.39 is 0 Å². The molecule has 0 aliphatic carbocycles. The summed E-state index contributed by atoms with van der Waals surface area (Å²) < 4.78 is 4.07. The minimum Gasteiger partial charge on any atom is -0.450 e. The molecule has 1 nitrogen and oxygen atoms in total. The molecule has 0 aromatic rings. The number of rotatable bonds is 0. The Balaban J connectivity index is 0. The second kappa shape index (κ2) is 26.6. The van der Waals surface area contributed by atoms with E-state index in [1.165, 1.54) is 7.11 Å². The van der Waals surface area contributed by atoms with E-state index in [0.717, 1.165) is 0 Å². The normalized spacial score (nSPS) is 3.67. The van der Waals surface area contributed by atoms with E-state index in [4.69, 9.17) is 0 Å². The molecule has 0 atom stereocenters. The Morgan fingerprint density at radius 2 is 1.67 bits per heavy atom. The molecule has 0 bridgehead atoms. The molecule has 0 N–H and O–H groups in total. The molecular formula is C5H10O. The summed E-state index contributed by atoms with van der Waals surface area (Å²) in [5, 5.41) is 0. The van der Waals surface area contributed by atoms with Crippen LogP contribution in [0.1, 0.15) is 13.8 Å². The average molecular weight is 86.1 g/mol. The van der Waals surface area contributed by atoms with Gasteiger partial charge in [-0.05, 0) is 0 Å². The number of ether oxygens (including phenoxy) is 1. The van der Waals surface area contributed by atoms with Gasteiger partial charge in [0.05, 0.1) is 7.11 Å². The fraction of sp³-hybridized carbons (Fsp3) is 0.600. The second-order valence-electron chi connectivity index (χ2n) is 0.322. The Labute approximate surface area is 39.3 Å². The van der Waals surface area contributed by atoms with Gasteiger partial charge in [-0.15, -0.1) is 0 Å². The summed E-state index contributed by atoms with van der Waals surface area (Å²) in [5.74, 6) is 0. The van der Waals surface area contributed by atoms with E-state index in [0.29, 0.717) is 0 Å². The van der Waals surface area contributed by atoms with E-state index in [-0.39, 0.29) is 0 Å². The quantitative estimate of drug-likeness (QED) is 0.403. The van der Waals surface area contributed by atoms with Crippen molar-refractivity contribution in [2.75, 3.05) is 7.11 Å². The molecule has 0 aliphatic heterocycles. The molecule has 0 saturated carbocycles. The summed E-state index contributed by atoms with van der Waals surface area (Å²) in [5.41, 5.74) is 0. The fourth-order valence-electron chi connectivity index (χ4n) is 0. The molecule has 0 saturated heterocycles. The summed E-state index contributed by atoms with van der Waals surface area (Å²) in [6.07, 6.45) is 6.49. The van der Waals surface area contributed by atoms with Crippen LogP contribution in [0.25, 0.3) is 0 Å². The van der Waals surface area contributed by atoms with Crippen molar-refractivity contribution in [1.82, 2.24) is 0 Å². The maximum absolute atomic E-state index is 4.56. The molecule has 6 heavy (non-hydrogen) atoms. The Morgan fingerprint density at radius 1 is 1.50 bits per heavy atom. The number of hydrogen-bond donors (Lipinski definition) is 0. The predicted octanol–water partition coefficient (Wildman–Crippen LogP) is 1.25. The Bertz CT molecular complexity index is 33.7. The minimum atomic E-state index is 1.44. The summed E-state index contributed by atoms with van der Waals surface area (Å²) in [6.45, 7) is 4.00. The van der Waals surface area contributed by atoms with Crippen LogP contribution in [0, 0.1) is 12.5 Å². The van der Waals surface area contributed by atoms with Crippen LogP contribution in [0.5, 0.6) is 0 Å². The molecular weight excluding hydrogens is 76.1 g/mol. The maximum atomic E-state index is 4.56. The zero-order chi connectivity index (χ0) is 5.41. The number of methoxy groups -OCH3 is 1. The highest BCUT2D eigenvalue weighted by molar-refractivity contribution is 4.65. The van der Waals surface area contributed by atoms with Gasteiger partial charge in [0, 0.05) is 0 Å². The third kappa shape index (κ3) is 144. The van der Waals surface area contributed by atoms with E-state index in [1.54, 1.807) is 0 Å². The second-order valence-corrected chi connectivity index (χ2v) is 0.322. The van der Waals surface area contributed by atoms with Gasteiger partial charge in [-0.25, -0.2) is 0 Å². The predicted molar refractivity (Wildman–Crippen MR) is 27.2 cm³/mol. The highest BCUT2D eigenvalue weighted by Crippen LogP contribution is 1.41. The number of hydrogen-bond acceptors (Lipinski definition) is 1. The Hall–Kier alpha value is -0.640.